The molecule has 0 heterocycles. The van der Waals surface area contributed by atoms with Crippen molar-refractivity contribution in [3.63, 3.8) is 0 Å². The number of hydrogen-bond acceptors (Lipinski definition) is 6. The molecule has 0 spiro atoms. The maximum absolute atomic E-state index is 11.0. The van der Waals surface area contributed by atoms with Gasteiger partial charge in [-0.3, -0.25) is 14.9 Å². The SMILES string of the molecule is COC(=O)C(N)COc1ccc(C)cc1[N+](=O)[O-]. The van der Waals surface area contributed by atoms with Gasteiger partial charge in [-0.25, -0.2) is 0 Å². The van der Waals surface area contributed by atoms with Crippen LogP contribution in [0.25, 0.3) is 0 Å². The molecule has 2 N–H and O–H groups in total. The van der Waals surface area contributed by atoms with Crippen LogP contribution >= 0.6 is 0 Å². The summed E-state index contributed by atoms with van der Waals surface area (Å²) in [7, 11) is 1.20. The van der Waals surface area contributed by atoms with E-state index in [2.05, 4.69) is 4.74 Å². The number of nitrogens with zero attached hydrogens (tertiary/aromatic N) is 1. The van der Waals surface area contributed by atoms with Crippen LogP contribution in [0.4, 0.5) is 5.69 Å². The van der Waals surface area contributed by atoms with Crippen LogP contribution in [0.1, 0.15) is 5.56 Å². The van der Waals surface area contributed by atoms with E-state index in [0.717, 1.165) is 5.56 Å². The average molecular weight is 254 g/mol. The fourth-order valence-electron chi connectivity index (χ4n) is 1.29. The van der Waals surface area contributed by atoms with E-state index >= 15 is 0 Å². The maximum Gasteiger partial charge on any atom is 0.326 e. The van der Waals surface area contributed by atoms with E-state index in [9.17, 15) is 14.9 Å². The monoisotopic (exact) mass is 254 g/mol. The number of rotatable bonds is 5. The number of hydrogen-bond donors (Lipinski definition) is 1. The van der Waals surface area contributed by atoms with Gasteiger partial charge in [0.15, 0.2) is 5.75 Å². The van der Waals surface area contributed by atoms with Crippen LogP contribution in [0, 0.1) is 17.0 Å². The van der Waals surface area contributed by atoms with Crippen LogP contribution < -0.4 is 10.5 Å². The van der Waals surface area contributed by atoms with Crippen molar-refractivity contribution in [1.29, 1.82) is 0 Å². The molecule has 0 aliphatic rings. The molecule has 0 bridgehead atoms. The zero-order chi connectivity index (χ0) is 13.7. The second-order valence-electron chi connectivity index (χ2n) is 3.67. The predicted molar refractivity (Wildman–Crippen MR) is 63.3 cm³/mol. The number of esters is 1. The molecule has 0 saturated heterocycles. The zero-order valence-electron chi connectivity index (χ0n) is 10.1. The first-order valence-electron chi connectivity index (χ1n) is 5.17. The molecule has 18 heavy (non-hydrogen) atoms. The summed E-state index contributed by atoms with van der Waals surface area (Å²) in [6.07, 6.45) is 0. The van der Waals surface area contributed by atoms with Gasteiger partial charge in [0.05, 0.1) is 12.0 Å². The molecule has 98 valence electrons. The molecule has 1 atom stereocenters. The standard InChI is InChI=1S/C11H14N2O5/c1-7-3-4-10(9(5-7)13(15)16)18-6-8(12)11(14)17-2/h3-5,8H,6,12H2,1-2H3. The van der Waals surface area contributed by atoms with Crippen LogP contribution in [0.15, 0.2) is 18.2 Å². The van der Waals surface area contributed by atoms with Crippen LogP contribution in [0.5, 0.6) is 5.75 Å². The minimum absolute atomic E-state index is 0.0740. The van der Waals surface area contributed by atoms with Gasteiger partial charge in [-0.1, -0.05) is 6.07 Å². The minimum Gasteiger partial charge on any atom is -0.485 e. The van der Waals surface area contributed by atoms with Crippen LogP contribution in [0.3, 0.4) is 0 Å². The molecule has 0 radical (unpaired) electrons. The van der Waals surface area contributed by atoms with Gasteiger partial charge in [0.1, 0.15) is 12.6 Å². The topological polar surface area (TPSA) is 105 Å². The highest BCUT2D eigenvalue weighted by Crippen LogP contribution is 2.27. The lowest BCUT2D eigenvalue weighted by Gasteiger charge is -2.11. The van der Waals surface area contributed by atoms with E-state index in [0.29, 0.717) is 0 Å². The van der Waals surface area contributed by atoms with E-state index in [1.54, 1.807) is 13.0 Å². The number of methoxy groups -OCH3 is 1. The van der Waals surface area contributed by atoms with E-state index in [1.165, 1.54) is 19.2 Å². The Morgan fingerprint density at radius 3 is 2.78 bits per heavy atom. The summed E-state index contributed by atoms with van der Waals surface area (Å²) in [4.78, 5) is 21.3. The van der Waals surface area contributed by atoms with Crippen molar-refractivity contribution in [2.45, 2.75) is 13.0 Å². The number of ether oxygens (including phenoxy) is 2. The molecule has 0 saturated carbocycles. The summed E-state index contributed by atoms with van der Waals surface area (Å²) in [5.74, 6) is -0.560. The third-order valence-electron chi connectivity index (χ3n) is 2.23. The van der Waals surface area contributed by atoms with E-state index in [-0.39, 0.29) is 18.0 Å². The van der Waals surface area contributed by atoms with Crippen molar-refractivity contribution in [1.82, 2.24) is 0 Å². The molecular formula is C11H14N2O5. The van der Waals surface area contributed by atoms with Gasteiger partial charge in [0.25, 0.3) is 0 Å². The first-order chi connectivity index (χ1) is 8.45. The third-order valence-corrected chi connectivity index (χ3v) is 2.23. The Hall–Kier alpha value is -2.15. The van der Waals surface area contributed by atoms with Crippen molar-refractivity contribution < 1.29 is 19.2 Å². The van der Waals surface area contributed by atoms with Crippen LogP contribution in [-0.4, -0.2) is 30.7 Å². The Morgan fingerprint density at radius 1 is 1.56 bits per heavy atom. The summed E-state index contributed by atoms with van der Waals surface area (Å²) in [5, 5.41) is 10.8. The minimum atomic E-state index is -0.976. The molecule has 0 aromatic heterocycles. The highest BCUT2D eigenvalue weighted by Gasteiger charge is 2.19. The highest BCUT2D eigenvalue weighted by molar-refractivity contribution is 5.75. The van der Waals surface area contributed by atoms with Gasteiger partial charge in [-0.15, -0.1) is 0 Å². The van der Waals surface area contributed by atoms with E-state index in [1.807, 2.05) is 0 Å². The second-order valence-corrected chi connectivity index (χ2v) is 3.67. The maximum atomic E-state index is 11.0. The molecule has 7 nitrogen and oxygen atoms in total. The van der Waals surface area contributed by atoms with Gasteiger partial charge >= 0.3 is 11.7 Å². The van der Waals surface area contributed by atoms with Gasteiger partial charge < -0.3 is 15.2 Å². The molecule has 1 aromatic rings. The lowest BCUT2D eigenvalue weighted by Crippen LogP contribution is -2.37. The average Bonchev–Trinajstić information content (AvgIpc) is 2.35. The lowest BCUT2D eigenvalue weighted by molar-refractivity contribution is -0.385. The summed E-state index contributed by atoms with van der Waals surface area (Å²) in [6, 6.07) is 3.55. The number of nitrogens with two attached hydrogens (primary N) is 1. The molecule has 1 aromatic carbocycles. The van der Waals surface area contributed by atoms with Gasteiger partial charge in [-0.2, -0.15) is 0 Å². The van der Waals surface area contributed by atoms with Gasteiger partial charge in [0.2, 0.25) is 0 Å². The normalized spacial score (nSPS) is 11.7. The van der Waals surface area contributed by atoms with Gasteiger partial charge in [0, 0.05) is 6.07 Å². The summed E-state index contributed by atoms with van der Waals surface area (Å²) < 4.78 is 9.59. The quantitative estimate of drug-likeness (QED) is 0.473. The lowest BCUT2D eigenvalue weighted by atomic mass is 10.2. The molecular weight excluding hydrogens is 240 g/mol. The van der Waals surface area contributed by atoms with Crippen LogP contribution in [0.2, 0.25) is 0 Å². The Labute approximate surface area is 104 Å². The largest absolute Gasteiger partial charge is 0.485 e. The molecule has 7 heteroatoms. The smallest absolute Gasteiger partial charge is 0.326 e. The zero-order valence-corrected chi connectivity index (χ0v) is 10.1. The number of nitro groups is 1. The van der Waals surface area contributed by atoms with Crippen molar-refractivity contribution in [2.24, 2.45) is 5.73 Å². The Morgan fingerprint density at radius 2 is 2.22 bits per heavy atom. The number of benzene rings is 1. The first kappa shape index (κ1) is 13.9. The molecule has 0 aliphatic carbocycles. The predicted octanol–water partition coefficient (Wildman–Crippen LogP) is 0.782. The number of aryl methyl sites for hydroxylation is 1. The first-order valence-corrected chi connectivity index (χ1v) is 5.17. The fraction of sp³-hybridized carbons (Fsp3) is 0.364. The number of carbonyl (C=O) groups excluding carboxylic acids is 1. The number of nitro benzene ring substituents is 1. The second kappa shape index (κ2) is 5.97. The van der Waals surface area contributed by atoms with E-state index < -0.39 is 16.9 Å². The molecule has 0 aliphatic heterocycles. The summed E-state index contributed by atoms with van der Waals surface area (Å²) in [5.41, 5.74) is 6.04. The Bertz CT molecular complexity index is 461. The molecule has 0 fully saturated rings. The summed E-state index contributed by atoms with van der Waals surface area (Å²) in [6.45, 7) is 1.55. The summed E-state index contributed by atoms with van der Waals surface area (Å²) >= 11 is 0. The third kappa shape index (κ3) is 3.42. The molecule has 0 amide bonds. The fourth-order valence-corrected chi connectivity index (χ4v) is 1.29. The Balaban J connectivity index is 2.79. The van der Waals surface area contributed by atoms with Crippen molar-refractivity contribution in [2.75, 3.05) is 13.7 Å². The number of carbonyl (C=O) groups is 1. The molecule has 1 unspecified atom stereocenters. The van der Waals surface area contributed by atoms with Crippen molar-refractivity contribution in [3.05, 3.63) is 33.9 Å². The van der Waals surface area contributed by atoms with E-state index in [4.69, 9.17) is 10.5 Å². The molecule has 1 rings (SSSR count). The van der Waals surface area contributed by atoms with Crippen molar-refractivity contribution >= 4 is 11.7 Å². The highest BCUT2D eigenvalue weighted by atomic mass is 16.6. The Kier molecular flexibility index (Phi) is 4.61. The van der Waals surface area contributed by atoms with Crippen molar-refractivity contribution in [3.8, 4) is 5.75 Å². The van der Waals surface area contributed by atoms with Crippen LogP contribution in [-0.2, 0) is 9.53 Å². The van der Waals surface area contributed by atoms with Gasteiger partial charge in [-0.05, 0) is 18.6 Å².